The molecule has 0 unspecified atom stereocenters. The predicted octanol–water partition coefficient (Wildman–Crippen LogP) is 3.13. The largest absolute Gasteiger partial charge is 0.495 e. The summed E-state index contributed by atoms with van der Waals surface area (Å²) >= 11 is 3.47. The summed E-state index contributed by atoms with van der Waals surface area (Å²) in [5.41, 5.74) is 1.69. The van der Waals surface area contributed by atoms with Crippen LogP contribution in [0.4, 0.5) is 5.69 Å². The van der Waals surface area contributed by atoms with Crippen LogP contribution in [0.5, 0.6) is 5.75 Å². The highest BCUT2D eigenvalue weighted by atomic mass is 79.9. The molecule has 1 heterocycles. The maximum Gasteiger partial charge on any atom is 0.245 e. The molecule has 1 saturated heterocycles. The van der Waals surface area contributed by atoms with Gasteiger partial charge in [0.15, 0.2) is 0 Å². The summed E-state index contributed by atoms with van der Waals surface area (Å²) in [5, 5.41) is 2.94. The second-order valence-electron chi connectivity index (χ2n) is 5.59. The van der Waals surface area contributed by atoms with Crippen molar-refractivity contribution in [2.75, 3.05) is 25.5 Å². The number of anilines is 1. The number of rotatable bonds is 4. The van der Waals surface area contributed by atoms with Crippen molar-refractivity contribution in [1.29, 1.82) is 0 Å². The molecular weight excluding hydrogens is 360 g/mol. The van der Waals surface area contributed by atoms with E-state index >= 15 is 0 Å². The Hall–Kier alpha value is -1.82. The molecule has 0 saturated carbocycles. The van der Waals surface area contributed by atoms with Gasteiger partial charge in [0.1, 0.15) is 5.75 Å². The number of carbonyl (C=O) groups is 2. The monoisotopic (exact) mass is 380 g/mol. The van der Waals surface area contributed by atoms with Gasteiger partial charge in [-0.2, -0.15) is 0 Å². The lowest BCUT2D eigenvalue weighted by atomic mass is 9.95. The molecule has 1 fully saturated rings. The molecular formula is C17H21BrN2O3. The van der Waals surface area contributed by atoms with Gasteiger partial charge >= 0.3 is 0 Å². The Morgan fingerprint density at radius 2 is 2.04 bits per heavy atom. The van der Waals surface area contributed by atoms with Crippen molar-refractivity contribution in [3.05, 3.63) is 34.8 Å². The quantitative estimate of drug-likeness (QED) is 0.816. The van der Waals surface area contributed by atoms with Crippen molar-refractivity contribution in [3.8, 4) is 5.75 Å². The maximum absolute atomic E-state index is 12.5. The van der Waals surface area contributed by atoms with Gasteiger partial charge in [-0.3, -0.25) is 9.59 Å². The van der Waals surface area contributed by atoms with Crippen molar-refractivity contribution in [2.24, 2.45) is 5.92 Å². The lowest BCUT2D eigenvalue weighted by Gasteiger charge is -2.30. The van der Waals surface area contributed by atoms with Crippen molar-refractivity contribution in [2.45, 2.75) is 19.8 Å². The van der Waals surface area contributed by atoms with Crippen LogP contribution in [0.15, 0.2) is 29.3 Å². The Bertz CT molecular complexity index is 623. The molecule has 0 aromatic heterocycles. The van der Waals surface area contributed by atoms with E-state index < -0.39 is 0 Å². The lowest BCUT2D eigenvalue weighted by Crippen LogP contribution is -2.40. The number of carbonyl (C=O) groups excluding carboxylic acids is 2. The van der Waals surface area contributed by atoms with Crippen molar-refractivity contribution in [1.82, 2.24) is 4.90 Å². The first kappa shape index (κ1) is 17.5. The minimum Gasteiger partial charge on any atom is -0.495 e. The standard InChI is InChI=1S/C17H21BrN2O3/c1-4-16(21)20-7-5-12(6-8-20)17(22)19-14-10-13(18)11(2)9-15(14)23-3/h4,9-10,12H,1,5-8H2,2-3H3,(H,19,22). The zero-order chi connectivity index (χ0) is 17.0. The van der Waals surface area contributed by atoms with Crippen LogP contribution in [0.3, 0.4) is 0 Å². The van der Waals surface area contributed by atoms with Crippen LogP contribution in [0.25, 0.3) is 0 Å². The van der Waals surface area contributed by atoms with E-state index in [0.717, 1.165) is 10.0 Å². The van der Waals surface area contributed by atoms with Gasteiger partial charge in [0.25, 0.3) is 0 Å². The Morgan fingerprint density at radius 1 is 1.39 bits per heavy atom. The van der Waals surface area contributed by atoms with E-state index in [-0.39, 0.29) is 17.7 Å². The molecule has 0 radical (unpaired) electrons. The fourth-order valence-electron chi connectivity index (χ4n) is 2.65. The molecule has 5 nitrogen and oxygen atoms in total. The molecule has 2 rings (SSSR count). The number of ether oxygens (including phenoxy) is 1. The van der Waals surface area contributed by atoms with E-state index in [9.17, 15) is 9.59 Å². The van der Waals surface area contributed by atoms with Gasteiger partial charge < -0.3 is 15.0 Å². The van der Waals surface area contributed by atoms with E-state index in [0.29, 0.717) is 37.4 Å². The van der Waals surface area contributed by atoms with Crippen LogP contribution >= 0.6 is 15.9 Å². The third kappa shape index (κ3) is 4.13. The summed E-state index contributed by atoms with van der Waals surface area (Å²) in [7, 11) is 1.58. The van der Waals surface area contributed by atoms with Crippen LogP contribution in [0.1, 0.15) is 18.4 Å². The van der Waals surface area contributed by atoms with Crippen LogP contribution < -0.4 is 10.1 Å². The van der Waals surface area contributed by atoms with Gasteiger partial charge in [-0.05, 0) is 43.5 Å². The van der Waals surface area contributed by atoms with Crippen LogP contribution in [-0.4, -0.2) is 36.9 Å². The van der Waals surface area contributed by atoms with Crippen LogP contribution in [0, 0.1) is 12.8 Å². The number of benzene rings is 1. The number of piperidine rings is 1. The average Bonchev–Trinajstić information content (AvgIpc) is 2.57. The molecule has 2 amide bonds. The number of nitrogens with zero attached hydrogens (tertiary/aromatic N) is 1. The molecule has 1 aliphatic rings. The molecule has 0 spiro atoms. The minimum absolute atomic E-state index is 0.0373. The first-order valence-corrected chi connectivity index (χ1v) is 8.32. The normalized spacial score (nSPS) is 15.2. The van der Waals surface area contributed by atoms with Crippen LogP contribution in [0.2, 0.25) is 0 Å². The Labute approximate surface area is 144 Å². The van der Waals surface area contributed by atoms with E-state index in [1.54, 1.807) is 12.0 Å². The topological polar surface area (TPSA) is 58.6 Å². The molecule has 0 aliphatic carbocycles. The molecule has 1 aliphatic heterocycles. The number of halogens is 1. The van der Waals surface area contributed by atoms with Gasteiger partial charge in [-0.25, -0.2) is 0 Å². The van der Waals surface area contributed by atoms with E-state index in [1.807, 2.05) is 19.1 Å². The second-order valence-corrected chi connectivity index (χ2v) is 6.45. The molecule has 23 heavy (non-hydrogen) atoms. The minimum atomic E-state index is -0.103. The Morgan fingerprint density at radius 3 is 2.61 bits per heavy atom. The SMILES string of the molecule is C=CC(=O)N1CCC(C(=O)Nc2cc(Br)c(C)cc2OC)CC1. The van der Waals surface area contributed by atoms with Gasteiger partial charge in [-0.15, -0.1) is 0 Å². The summed E-state index contributed by atoms with van der Waals surface area (Å²) in [4.78, 5) is 25.8. The first-order valence-electron chi connectivity index (χ1n) is 7.52. The third-order valence-corrected chi connectivity index (χ3v) is 4.94. The molecule has 0 bridgehead atoms. The van der Waals surface area contributed by atoms with E-state index in [1.165, 1.54) is 6.08 Å². The van der Waals surface area contributed by atoms with Crippen LogP contribution in [-0.2, 0) is 9.59 Å². The highest BCUT2D eigenvalue weighted by Gasteiger charge is 2.27. The van der Waals surface area contributed by atoms with Crippen molar-refractivity contribution < 1.29 is 14.3 Å². The average molecular weight is 381 g/mol. The Kier molecular flexibility index (Phi) is 5.82. The second kappa shape index (κ2) is 7.64. The van der Waals surface area contributed by atoms with Gasteiger partial charge in [0, 0.05) is 23.5 Å². The molecule has 1 aromatic carbocycles. The zero-order valence-electron chi connectivity index (χ0n) is 13.4. The highest BCUT2D eigenvalue weighted by Crippen LogP contribution is 2.32. The number of hydrogen-bond donors (Lipinski definition) is 1. The van der Waals surface area contributed by atoms with Gasteiger partial charge in [0.05, 0.1) is 12.8 Å². The summed E-state index contributed by atoms with van der Waals surface area (Å²) < 4.78 is 6.25. The maximum atomic E-state index is 12.5. The molecule has 1 N–H and O–H groups in total. The predicted molar refractivity (Wildman–Crippen MR) is 93.6 cm³/mol. The lowest BCUT2D eigenvalue weighted by molar-refractivity contribution is -0.130. The number of amides is 2. The summed E-state index contributed by atoms with van der Waals surface area (Å²) in [5.74, 6) is 0.421. The zero-order valence-corrected chi connectivity index (χ0v) is 15.0. The number of nitrogens with one attached hydrogen (secondary N) is 1. The van der Waals surface area contributed by atoms with Gasteiger partial charge in [0.2, 0.25) is 11.8 Å². The first-order chi connectivity index (χ1) is 11.0. The Balaban J connectivity index is 2.02. The fourth-order valence-corrected chi connectivity index (χ4v) is 2.99. The smallest absolute Gasteiger partial charge is 0.245 e. The van der Waals surface area contributed by atoms with E-state index in [2.05, 4.69) is 27.8 Å². The number of likely N-dealkylation sites (tertiary alicyclic amines) is 1. The number of hydrogen-bond acceptors (Lipinski definition) is 3. The molecule has 124 valence electrons. The summed E-state index contributed by atoms with van der Waals surface area (Å²) in [6, 6.07) is 3.73. The molecule has 1 aromatic rings. The number of aryl methyl sites for hydroxylation is 1. The molecule has 0 atom stereocenters. The summed E-state index contributed by atoms with van der Waals surface area (Å²) in [6.07, 6.45) is 2.62. The van der Waals surface area contributed by atoms with Crippen molar-refractivity contribution >= 4 is 33.4 Å². The number of methoxy groups -OCH3 is 1. The highest BCUT2D eigenvalue weighted by molar-refractivity contribution is 9.10. The fraction of sp³-hybridized carbons (Fsp3) is 0.412. The third-order valence-electron chi connectivity index (χ3n) is 4.09. The van der Waals surface area contributed by atoms with E-state index in [4.69, 9.17) is 4.74 Å². The van der Waals surface area contributed by atoms with Gasteiger partial charge in [-0.1, -0.05) is 22.5 Å². The summed E-state index contributed by atoms with van der Waals surface area (Å²) in [6.45, 7) is 6.62. The molecule has 6 heteroatoms. The van der Waals surface area contributed by atoms with Crippen molar-refractivity contribution in [3.63, 3.8) is 0 Å².